The van der Waals surface area contributed by atoms with E-state index in [1.54, 1.807) is 18.2 Å². The molecule has 0 aliphatic heterocycles. The Morgan fingerprint density at radius 1 is 1.06 bits per heavy atom. The molecule has 0 atom stereocenters. The Morgan fingerprint density at radius 2 is 1.83 bits per heavy atom. The number of nitriles is 1. The van der Waals surface area contributed by atoms with Gasteiger partial charge in [0.05, 0.1) is 12.7 Å². The van der Waals surface area contributed by atoms with E-state index in [-0.39, 0.29) is 0 Å². The van der Waals surface area contributed by atoms with Crippen molar-refractivity contribution in [1.29, 1.82) is 5.26 Å². The number of nitrogens with zero attached hydrogens (tertiary/aromatic N) is 1. The first-order valence-electron chi connectivity index (χ1n) is 5.59. The van der Waals surface area contributed by atoms with Gasteiger partial charge in [0, 0.05) is 0 Å². The smallest absolute Gasteiger partial charge is 0.178 e. The van der Waals surface area contributed by atoms with Crippen LogP contribution in [-0.2, 0) is 6.61 Å². The molecule has 0 unspecified atom stereocenters. The molecular formula is C15H13NO2. The van der Waals surface area contributed by atoms with E-state index in [2.05, 4.69) is 6.07 Å². The SMILES string of the molecule is COc1c(C#N)cccc1OCc1ccccc1. The van der Waals surface area contributed by atoms with Crippen LogP contribution in [0, 0.1) is 11.3 Å². The van der Waals surface area contributed by atoms with E-state index in [1.165, 1.54) is 7.11 Å². The summed E-state index contributed by atoms with van der Waals surface area (Å²) >= 11 is 0. The first kappa shape index (κ1) is 12.0. The Labute approximate surface area is 106 Å². The van der Waals surface area contributed by atoms with Crippen LogP contribution in [0.5, 0.6) is 11.5 Å². The zero-order chi connectivity index (χ0) is 12.8. The van der Waals surface area contributed by atoms with Gasteiger partial charge in [-0.05, 0) is 17.7 Å². The molecule has 0 saturated heterocycles. The molecule has 0 spiro atoms. The Balaban J connectivity index is 2.17. The van der Waals surface area contributed by atoms with Gasteiger partial charge in [-0.25, -0.2) is 0 Å². The largest absolute Gasteiger partial charge is 0.492 e. The van der Waals surface area contributed by atoms with Crippen LogP contribution in [0.3, 0.4) is 0 Å². The maximum atomic E-state index is 8.97. The first-order valence-corrected chi connectivity index (χ1v) is 5.59. The van der Waals surface area contributed by atoms with Crippen molar-refractivity contribution < 1.29 is 9.47 Å². The van der Waals surface area contributed by atoms with Crippen LogP contribution in [0.4, 0.5) is 0 Å². The molecule has 18 heavy (non-hydrogen) atoms. The number of hydrogen-bond acceptors (Lipinski definition) is 3. The standard InChI is InChI=1S/C15H13NO2/c1-17-15-13(10-16)8-5-9-14(15)18-11-12-6-3-2-4-7-12/h2-9H,11H2,1H3. The van der Waals surface area contributed by atoms with Crippen LogP contribution >= 0.6 is 0 Å². The van der Waals surface area contributed by atoms with Crippen LogP contribution in [0.1, 0.15) is 11.1 Å². The highest BCUT2D eigenvalue weighted by atomic mass is 16.5. The summed E-state index contributed by atoms with van der Waals surface area (Å²) in [6, 6.07) is 17.2. The Hall–Kier alpha value is -2.47. The summed E-state index contributed by atoms with van der Waals surface area (Å²) in [5.41, 5.74) is 1.55. The van der Waals surface area contributed by atoms with Gasteiger partial charge < -0.3 is 9.47 Å². The lowest BCUT2D eigenvalue weighted by atomic mass is 10.2. The average Bonchev–Trinajstić information content (AvgIpc) is 2.45. The normalized spacial score (nSPS) is 9.56. The minimum absolute atomic E-state index is 0.450. The molecule has 90 valence electrons. The highest BCUT2D eigenvalue weighted by Gasteiger charge is 2.09. The number of para-hydroxylation sites is 1. The van der Waals surface area contributed by atoms with Gasteiger partial charge >= 0.3 is 0 Å². The Kier molecular flexibility index (Phi) is 3.83. The van der Waals surface area contributed by atoms with Gasteiger partial charge in [0.2, 0.25) is 0 Å². The summed E-state index contributed by atoms with van der Waals surface area (Å²) in [5.74, 6) is 1.07. The zero-order valence-electron chi connectivity index (χ0n) is 10.1. The van der Waals surface area contributed by atoms with Crippen LogP contribution < -0.4 is 9.47 Å². The van der Waals surface area contributed by atoms with Crippen molar-refractivity contribution in [2.24, 2.45) is 0 Å². The van der Waals surface area contributed by atoms with Crippen molar-refractivity contribution in [2.75, 3.05) is 7.11 Å². The molecule has 0 saturated carbocycles. The number of rotatable bonds is 4. The predicted octanol–water partition coefficient (Wildman–Crippen LogP) is 3.15. The quantitative estimate of drug-likeness (QED) is 0.823. The average molecular weight is 239 g/mol. The van der Waals surface area contributed by atoms with Gasteiger partial charge in [-0.3, -0.25) is 0 Å². The van der Waals surface area contributed by atoms with Gasteiger partial charge in [0.15, 0.2) is 11.5 Å². The van der Waals surface area contributed by atoms with Gasteiger partial charge in [-0.1, -0.05) is 36.4 Å². The second kappa shape index (κ2) is 5.74. The fraction of sp³-hybridized carbons (Fsp3) is 0.133. The van der Waals surface area contributed by atoms with Crippen molar-refractivity contribution in [3.05, 3.63) is 59.7 Å². The molecule has 3 nitrogen and oxygen atoms in total. The molecule has 0 bridgehead atoms. The fourth-order valence-electron chi connectivity index (χ4n) is 1.66. The third-order valence-electron chi connectivity index (χ3n) is 2.54. The monoisotopic (exact) mass is 239 g/mol. The van der Waals surface area contributed by atoms with Crippen molar-refractivity contribution in [3.8, 4) is 17.6 Å². The third-order valence-corrected chi connectivity index (χ3v) is 2.54. The third kappa shape index (κ3) is 2.61. The fourth-order valence-corrected chi connectivity index (χ4v) is 1.66. The van der Waals surface area contributed by atoms with Gasteiger partial charge in [-0.15, -0.1) is 0 Å². The molecule has 0 aliphatic rings. The molecule has 2 aromatic rings. The summed E-state index contributed by atoms with van der Waals surface area (Å²) in [4.78, 5) is 0. The second-order valence-electron chi connectivity index (χ2n) is 3.72. The van der Waals surface area contributed by atoms with E-state index in [0.29, 0.717) is 23.7 Å². The zero-order valence-corrected chi connectivity index (χ0v) is 10.1. The van der Waals surface area contributed by atoms with E-state index in [0.717, 1.165) is 5.56 Å². The summed E-state index contributed by atoms with van der Waals surface area (Å²) in [5, 5.41) is 8.97. The van der Waals surface area contributed by atoms with Gasteiger partial charge in [0.25, 0.3) is 0 Å². The van der Waals surface area contributed by atoms with Crippen LogP contribution in [0.25, 0.3) is 0 Å². The molecule has 3 heteroatoms. The highest BCUT2D eigenvalue weighted by molar-refractivity contribution is 5.52. The van der Waals surface area contributed by atoms with Gasteiger partial charge in [-0.2, -0.15) is 5.26 Å². The minimum atomic E-state index is 0.450. The van der Waals surface area contributed by atoms with E-state index in [1.807, 2.05) is 30.3 Å². The Bertz CT molecular complexity index is 558. The van der Waals surface area contributed by atoms with E-state index in [4.69, 9.17) is 14.7 Å². The van der Waals surface area contributed by atoms with Crippen molar-refractivity contribution in [3.63, 3.8) is 0 Å². The molecule has 2 rings (SSSR count). The summed E-state index contributed by atoms with van der Waals surface area (Å²) < 4.78 is 10.9. The number of methoxy groups -OCH3 is 1. The van der Waals surface area contributed by atoms with Crippen LogP contribution in [0.2, 0.25) is 0 Å². The lowest BCUT2D eigenvalue weighted by Gasteiger charge is -2.11. The molecule has 0 fully saturated rings. The van der Waals surface area contributed by atoms with Crippen molar-refractivity contribution >= 4 is 0 Å². The molecule has 0 radical (unpaired) electrons. The number of hydrogen-bond donors (Lipinski definition) is 0. The van der Waals surface area contributed by atoms with Crippen LogP contribution in [-0.4, -0.2) is 7.11 Å². The number of benzene rings is 2. The van der Waals surface area contributed by atoms with Crippen molar-refractivity contribution in [2.45, 2.75) is 6.61 Å². The van der Waals surface area contributed by atoms with E-state index in [9.17, 15) is 0 Å². The summed E-state index contributed by atoms with van der Waals surface area (Å²) in [6.45, 7) is 0.450. The molecule has 0 amide bonds. The lowest BCUT2D eigenvalue weighted by Crippen LogP contribution is -1.98. The maximum Gasteiger partial charge on any atom is 0.178 e. The molecule has 0 N–H and O–H groups in total. The predicted molar refractivity (Wildman–Crippen MR) is 68.5 cm³/mol. The van der Waals surface area contributed by atoms with E-state index < -0.39 is 0 Å². The number of ether oxygens (including phenoxy) is 2. The maximum absolute atomic E-state index is 8.97. The molecule has 2 aromatic carbocycles. The minimum Gasteiger partial charge on any atom is -0.492 e. The summed E-state index contributed by atoms with van der Waals surface area (Å²) in [6.07, 6.45) is 0. The molecular weight excluding hydrogens is 226 g/mol. The van der Waals surface area contributed by atoms with Crippen molar-refractivity contribution in [1.82, 2.24) is 0 Å². The molecule has 0 heterocycles. The van der Waals surface area contributed by atoms with Gasteiger partial charge in [0.1, 0.15) is 12.7 Å². The van der Waals surface area contributed by atoms with Crippen LogP contribution in [0.15, 0.2) is 48.5 Å². The first-order chi connectivity index (χ1) is 8.85. The topological polar surface area (TPSA) is 42.2 Å². The van der Waals surface area contributed by atoms with E-state index >= 15 is 0 Å². The lowest BCUT2D eigenvalue weighted by molar-refractivity contribution is 0.284. The molecule has 0 aliphatic carbocycles. The molecule has 0 aromatic heterocycles. The highest BCUT2D eigenvalue weighted by Crippen LogP contribution is 2.30. The Morgan fingerprint density at radius 3 is 2.50 bits per heavy atom. The summed E-state index contributed by atoms with van der Waals surface area (Å²) in [7, 11) is 1.53. The second-order valence-corrected chi connectivity index (χ2v) is 3.72.